The molecule has 0 aromatic heterocycles. The minimum atomic E-state index is -0.702. The van der Waals surface area contributed by atoms with E-state index in [1.54, 1.807) is 0 Å². The maximum Gasteiger partial charge on any atom is 0.303 e. The van der Waals surface area contributed by atoms with Crippen LogP contribution in [0.2, 0.25) is 0 Å². The third-order valence-corrected chi connectivity index (χ3v) is 5.03. The van der Waals surface area contributed by atoms with Crippen LogP contribution in [0.5, 0.6) is 0 Å². The lowest BCUT2D eigenvalue weighted by Gasteiger charge is -2.29. The molecular formula is C14H22O4. The van der Waals surface area contributed by atoms with Gasteiger partial charge < -0.3 is 14.6 Å². The van der Waals surface area contributed by atoms with Gasteiger partial charge in [0.05, 0.1) is 30.8 Å². The van der Waals surface area contributed by atoms with Crippen LogP contribution in [0.1, 0.15) is 39.5 Å². The van der Waals surface area contributed by atoms with Crippen LogP contribution in [0.15, 0.2) is 0 Å². The van der Waals surface area contributed by atoms with E-state index in [0.29, 0.717) is 17.9 Å². The van der Waals surface area contributed by atoms with Gasteiger partial charge in [0, 0.05) is 11.8 Å². The average Bonchev–Trinajstić information content (AvgIpc) is 2.96. The number of carbonyl (C=O) groups is 1. The normalized spacial score (nSPS) is 49.6. The van der Waals surface area contributed by atoms with Gasteiger partial charge in [0.15, 0.2) is 0 Å². The molecule has 7 atom stereocenters. The van der Waals surface area contributed by atoms with Gasteiger partial charge in [0.25, 0.3) is 0 Å². The summed E-state index contributed by atoms with van der Waals surface area (Å²) in [6.07, 6.45) is 4.15. The number of aliphatic carboxylic acids is 1. The molecule has 3 fully saturated rings. The number of rotatable bonds is 4. The maximum atomic E-state index is 10.9. The highest BCUT2D eigenvalue weighted by molar-refractivity contribution is 5.67. The maximum absolute atomic E-state index is 10.9. The average molecular weight is 254 g/mol. The quantitative estimate of drug-likeness (QED) is 0.834. The second-order valence-electron chi connectivity index (χ2n) is 5.92. The first kappa shape index (κ1) is 12.4. The second-order valence-corrected chi connectivity index (χ2v) is 5.92. The number of fused-ring (bicyclic) bond motifs is 5. The van der Waals surface area contributed by atoms with Gasteiger partial charge in [-0.3, -0.25) is 4.79 Å². The first-order valence-electron chi connectivity index (χ1n) is 7.18. The van der Waals surface area contributed by atoms with Crippen LogP contribution in [0.25, 0.3) is 0 Å². The molecule has 2 bridgehead atoms. The molecule has 1 N–H and O–H groups in total. The fourth-order valence-electron chi connectivity index (χ4n) is 4.43. The Morgan fingerprint density at radius 1 is 1.17 bits per heavy atom. The zero-order valence-electron chi connectivity index (χ0n) is 11.0. The van der Waals surface area contributed by atoms with Crippen molar-refractivity contribution in [1.82, 2.24) is 0 Å². The predicted molar refractivity (Wildman–Crippen MR) is 65.2 cm³/mol. The molecule has 0 spiro atoms. The summed E-state index contributed by atoms with van der Waals surface area (Å²) < 4.78 is 12.2. The summed E-state index contributed by atoms with van der Waals surface area (Å²) in [5, 5.41) is 8.98. The highest BCUT2D eigenvalue weighted by Crippen LogP contribution is 2.55. The van der Waals surface area contributed by atoms with Gasteiger partial charge in [-0.25, -0.2) is 0 Å². The molecule has 7 unspecified atom stereocenters. The zero-order valence-corrected chi connectivity index (χ0v) is 11.0. The lowest BCUT2D eigenvalue weighted by molar-refractivity contribution is -0.138. The lowest BCUT2D eigenvalue weighted by Crippen LogP contribution is -2.37. The Balaban J connectivity index is 1.79. The molecule has 3 aliphatic heterocycles. The summed E-state index contributed by atoms with van der Waals surface area (Å²) in [6, 6.07) is 0. The van der Waals surface area contributed by atoms with E-state index in [1.807, 2.05) is 0 Å². The highest BCUT2D eigenvalue weighted by Gasteiger charge is 2.62. The lowest BCUT2D eigenvalue weighted by atomic mass is 9.70. The zero-order chi connectivity index (χ0) is 12.9. The molecule has 3 aliphatic rings. The Hall–Kier alpha value is -0.610. The van der Waals surface area contributed by atoms with E-state index in [1.165, 1.54) is 0 Å². The Morgan fingerprint density at radius 3 is 2.44 bits per heavy atom. The minimum absolute atomic E-state index is 0.123. The molecule has 18 heavy (non-hydrogen) atoms. The molecule has 0 amide bonds. The summed E-state index contributed by atoms with van der Waals surface area (Å²) >= 11 is 0. The van der Waals surface area contributed by atoms with E-state index in [0.717, 1.165) is 19.3 Å². The van der Waals surface area contributed by atoms with Crippen molar-refractivity contribution in [1.29, 1.82) is 0 Å². The van der Waals surface area contributed by atoms with E-state index in [-0.39, 0.29) is 30.7 Å². The first-order valence-corrected chi connectivity index (χ1v) is 7.18. The molecule has 0 saturated carbocycles. The standard InChI is InChI=1S/C14H22O4/c1-3-8-12-10-5-7(6-11(15)16)14(18-10)13(12)9(4-2)17-8/h7-10,12-14H,3-6H2,1-2H3,(H,15,16). The Kier molecular flexibility index (Phi) is 3.10. The summed E-state index contributed by atoms with van der Waals surface area (Å²) in [5.41, 5.74) is 0. The van der Waals surface area contributed by atoms with Crippen molar-refractivity contribution in [2.45, 2.75) is 63.9 Å². The fraction of sp³-hybridized carbons (Fsp3) is 0.929. The van der Waals surface area contributed by atoms with Crippen LogP contribution >= 0.6 is 0 Å². The van der Waals surface area contributed by atoms with Crippen molar-refractivity contribution in [3.05, 3.63) is 0 Å². The van der Waals surface area contributed by atoms with Crippen molar-refractivity contribution < 1.29 is 19.4 Å². The van der Waals surface area contributed by atoms with Crippen LogP contribution < -0.4 is 0 Å². The van der Waals surface area contributed by atoms with E-state index in [2.05, 4.69) is 13.8 Å². The van der Waals surface area contributed by atoms with Crippen molar-refractivity contribution in [3.8, 4) is 0 Å². The number of hydrogen-bond acceptors (Lipinski definition) is 3. The molecule has 3 heterocycles. The number of ether oxygens (including phenoxy) is 2. The van der Waals surface area contributed by atoms with Crippen molar-refractivity contribution in [2.24, 2.45) is 17.8 Å². The van der Waals surface area contributed by atoms with Crippen LogP contribution in [-0.2, 0) is 14.3 Å². The van der Waals surface area contributed by atoms with Crippen molar-refractivity contribution >= 4 is 5.97 Å². The van der Waals surface area contributed by atoms with Crippen LogP contribution in [-0.4, -0.2) is 35.5 Å². The molecule has 0 aliphatic carbocycles. The highest BCUT2D eigenvalue weighted by atomic mass is 16.5. The minimum Gasteiger partial charge on any atom is -0.481 e. The molecule has 0 aromatic carbocycles. The second kappa shape index (κ2) is 4.49. The van der Waals surface area contributed by atoms with Gasteiger partial charge in [-0.2, -0.15) is 0 Å². The smallest absolute Gasteiger partial charge is 0.303 e. The topological polar surface area (TPSA) is 55.8 Å². The van der Waals surface area contributed by atoms with Gasteiger partial charge >= 0.3 is 5.97 Å². The van der Waals surface area contributed by atoms with Gasteiger partial charge in [-0.1, -0.05) is 13.8 Å². The van der Waals surface area contributed by atoms with Crippen molar-refractivity contribution in [2.75, 3.05) is 0 Å². The van der Waals surface area contributed by atoms with Gasteiger partial charge in [0.1, 0.15) is 0 Å². The molecule has 3 rings (SSSR count). The molecule has 0 radical (unpaired) electrons. The molecular weight excluding hydrogens is 232 g/mol. The van der Waals surface area contributed by atoms with E-state index < -0.39 is 5.97 Å². The van der Waals surface area contributed by atoms with Crippen LogP contribution in [0, 0.1) is 17.8 Å². The van der Waals surface area contributed by atoms with E-state index >= 15 is 0 Å². The Morgan fingerprint density at radius 2 is 1.83 bits per heavy atom. The van der Waals surface area contributed by atoms with Crippen LogP contribution in [0.4, 0.5) is 0 Å². The SMILES string of the molecule is CCC1OC(CC)C2C3OC(CC3CC(=O)O)C12. The van der Waals surface area contributed by atoms with E-state index in [9.17, 15) is 4.79 Å². The van der Waals surface area contributed by atoms with Gasteiger partial charge in [-0.05, 0) is 25.2 Å². The monoisotopic (exact) mass is 254 g/mol. The largest absolute Gasteiger partial charge is 0.481 e. The summed E-state index contributed by atoms with van der Waals surface area (Å²) in [7, 11) is 0. The molecule has 4 heteroatoms. The predicted octanol–water partition coefficient (Wildman–Crippen LogP) is 2.07. The first-order chi connectivity index (χ1) is 8.65. The van der Waals surface area contributed by atoms with Gasteiger partial charge in [-0.15, -0.1) is 0 Å². The molecule has 102 valence electrons. The molecule has 4 nitrogen and oxygen atoms in total. The van der Waals surface area contributed by atoms with Crippen molar-refractivity contribution in [3.63, 3.8) is 0 Å². The third-order valence-electron chi connectivity index (χ3n) is 5.03. The summed E-state index contributed by atoms with van der Waals surface area (Å²) in [4.78, 5) is 10.9. The van der Waals surface area contributed by atoms with E-state index in [4.69, 9.17) is 14.6 Å². The number of carboxylic acid groups (broad SMARTS) is 1. The molecule has 3 saturated heterocycles. The number of hydrogen-bond donors (Lipinski definition) is 1. The third kappa shape index (κ3) is 1.69. The Labute approximate surface area is 108 Å². The Bertz CT molecular complexity index is 343. The fourth-order valence-corrected chi connectivity index (χ4v) is 4.43. The molecule has 0 aromatic rings. The number of carboxylic acids is 1. The summed E-state index contributed by atoms with van der Waals surface area (Å²) in [5.74, 6) is 0.437. The van der Waals surface area contributed by atoms with Crippen LogP contribution in [0.3, 0.4) is 0 Å². The summed E-state index contributed by atoms with van der Waals surface area (Å²) in [6.45, 7) is 4.32. The van der Waals surface area contributed by atoms with Gasteiger partial charge in [0.2, 0.25) is 0 Å².